The van der Waals surface area contributed by atoms with Crippen molar-refractivity contribution in [3.63, 3.8) is 0 Å². The number of aromatic carboxylic acids is 1. The van der Waals surface area contributed by atoms with Gasteiger partial charge in [0.1, 0.15) is 10.7 Å². The molecule has 0 saturated carbocycles. The molecule has 0 atom stereocenters. The summed E-state index contributed by atoms with van der Waals surface area (Å²) in [5, 5.41) is 12.1. The Labute approximate surface area is 127 Å². The van der Waals surface area contributed by atoms with Crippen LogP contribution in [0.1, 0.15) is 32.6 Å². The van der Waals surface area contributed by atoms with Gasteiger partial charge in [-0.05, 0) is 40.5 Å². The predicted octanol–water partition coefficient (Wildman–Crippen LogP) is 3.42. The Kier molecular flexibility index (Phi) is 4.51. The van der Waals surface area contributed by atoms with Crippen LogP contribution in [0.3, 0.4) is 0 Å². The molecule has 0 spiro atoms. The second-order valence-electron chi connectivity index (χ2n) is 3.90. The topological polar surface area (TPSA) is 79.3 Å². The molecule has 2 rings (SSSR count). The number of halogens is 1. The summed E-state index contributed by atoms with van der Waals surface area (Å²) in [5.41, 5.74) is 0.322. The van der Waals surface area contributed by atoms with Crippen LogP contribution in [0.2, 0.25) is 0 Å². The molecule has 0 bridgehead atoms. The van der Waals surface area contributed by atoms with Crippen molar-refractivity contribution in [1.82, 2.24) is 4.98 Å². The third-order valence-corrected chi connectivity index (χ3v) is 4.40. The third-order valence-electron chi connectivity index (χ3n) is 2.56. The minimum atomic E-state index is -1.06. The first-order chi connectivity index (χ1) is 9.52. The molecule has 0 aliphatic rings. The van der Waals surface area contributed by atoms with Gasteiger partial charge in [0.15, 0.2) is 0 Å². The Morgan fingerprint density at radius 3 is 2.85 bits per heavy atom. The number of hydrogen-bond acceptors (Lipinski definition) is 4. The molecular weight excluding hydrogens is 344 g/mol. The molecule has 104 valence electrons. The van der Waals surface area contributed by atoms with Gasteiger partial charge in [-0.15, -0.1) is 11.3 Å². The number of amides is 1. The number of thiophene rings is 1. The Morgan fingerprint density at radius 2 is 2.25 bits per heavy atom. The van der Waals surface area contributed by atoms with Crippen LogP contribution >= 0.6 is 27.3 Å². The van der Waals surface area contributed by atoms with Gasteiger partial charge in [0.2, 0.25) is 0 Å². The number of anilines is 1. The SMILES string of the molecule is CCc1cc(C(=O)O)c(NC(=O)c2ncccc2Br)s1. The van der Waals surface area contributed by atoms with Gasteiger partial charge in [-0.2, -0.15) is 0 Å². The molecule has 0 aliphatic carbocycles. The van der Waals surface area contributed by atoms with Crippen molar-refractivity contribution in [1.29, 1.82) is 0 Å². The van der Waals surface area contributed by atoms with Gasteiger partial charge in [0, 0.05) is 15.5 Å². The fraction of sp³-hybridized carbons (Fsp3) is 0.154. The zero-order valence-electron chi connectivity index (χ0n) is 10.5. The summed E-state index contributed by atoms with van der Waals surface area (Å²) in [6.45, 7) is 1.93. The fourth-order valence-corrected chi connectivity index (χ4v) is 3.00. The molecule has 7 heteroatoms. The van der Waals surface area contributed by atoms with E-state index in [9.17, 15) is 9.59 Å². The van der Waals surface area contributed by atoms with Crippen molar-refractivity contribution in [2.45, 2.75) is 13.3 Å². The number of nitrogens with zero attached hydrogens (tertiary/aromatic N) is 1. The largest absolute Gasteiger partial charge is 0.478 e. The maximum Gasteiger partial charge on any atom is 0.338 e. The number of nitrogens with one attached hydrogen (secondary N) is 1. The van der Waals surface area contributed by atoms with Crippen molar-refractivity contribution in [3.8, 4) is 0 Å². The van der Waals surface area contributed by atoms with Gasteiger partial charge in [0.05, 0.1) is 5.56 Å². The van der Waals surface area contributed by atoms with Gasteiger partial charge < -0.3 is 10.4 Å². The monoisotopic (exact) mass is 354 g/mol. The molecule has 2 aromatic heterocycles. The van der Waals surface area contributed by atoms with E-state index in [0.29, 0.717) is 15.9 Å². The summed E-state index contributed by atoms with van der Waals surface area (Å²) in [7, 11) is 0. The van der Waals surface area contributed by atoms with Crippen LogP contribution in [-0.2, 0) is 6.42 Å². The summed E-state index contributed by atoms with van der Waals surface area (Å²) in [5.74, 6) is -1.50. The molecule has 1 amide bonds. The van der Waals surface area contributed by atoms with E-state index in [0.717, 1.165) is 4.88 Å². The molecule has 5 nitrogen and oxygen atoms in total. The lowest BCUT2D eigenvalue weighted by molar-refractivity contribution is 0.0698. The van der Waals surface area contributed by atoms with Gasteiger partial charge in [-0.3, -0.25) is 4.79 Å². The van der Waals surface area contributed by atoms with E-state index in [1.54, 1.807) is 18.2 Å². The molecule has 0 aliphatic heterocycles. The zero-order chi connectivity index (χ0) is 14.7. The highest BCUT2D eigenvalue weighted by Gasteiger charge is 2.19. The predicted molar refractivity (Wildman–Crippen MR) is 80.5 cm³/mol. The zero-order valence-corrected chi connectivity index (χ0v) is 12.9. The maximum atomic E-state index is 12.1. The Bertz CT molecular complexity index is 669. The first-order valence-electron chi connectivity index (χ1n) is 5.80. The van der Waals surface area contributed by atoms with E-state index in [4.69, 9.17) is 5.11 Å². The summed E-state index contributed by atoms with van der Waals surface area (Å²) >= 11 is 4.50. The molecule has 0 saturated heterocycles. The molecule has 2 heterocycles. The van der Waals surface area contributed by atoms with Gasteiger partial charge in [-0.25, -0.2) is 9.78 Å². The molecule has 2 aromatic rings. The van der Waals surface area contributed by atoms with E-state index in [1.807, 2.05) is 6.92 Å². The second-order valence-corrected chi connectivity index (χ2v) is 5.89. The average Bonchev–Trinajstić information content (AvgIpc) is 2.82. The quantitative estimate of drug-likeness (QED) is 0.881. The fourth-order valence-electron chi connectivity index (χ4n) is 1.58. The van der Waals surface area contributed by atoms with Crippen LogP contribution in [-0.4, -0.2) is 22.0 Å². The highest BCUT2D eigenvalue weighted by atomic mass is 79.9. The molecule has 20 heavy (non-hydrogen) atoms. The van der Waals surface area contributed by atoms with E-state index >= 15 is 0 Å². The minimum Gasteiger partial charge on any atom is -0.478 e. The van der Waals surface area contributed by atoms with Crippen molar-refractivity contribution in [2.24, 2.45) is 0 Å². The van der Waals surface area contributed by atoms with E-state index < -0.39 is 11.9 Å². The second kappa shape index (κ2) is 6.15. The Balaban J connectivity index is 2.30. The van der Waals surface area contributed by atoms with Crippen LogP contribution in [0.25, 0.3) is 0 Å². The minimum absolute atomic E-state index is 0.104. The summed E-state index contributed by atoms with van der Waals surface area (Å²) in [4.78, 5) is 28.2. The molecule has 0 unspecified atom stereocenters. The number of aryl methyl sites for hydroxylation is 1. The first kappa shape index (κ1) is 14.7. The lowest BCUT2D eigenvalue weighted by Crippen LogP contribution is -2.15. The number of hydrogen-bond donors (Lipinski definition) is 2. The Morgan fingerprint density at radius 1 is 1.50 bits per heavy atom. The smallest absolute Gasteiger partial charge is 0.338 e. The van der Waals surface area contributed by atoms with Crippen LogP contribution < -0.4 is 5.32 Å². The summed E-state index contributed by atoms with van der Waals surface area (Å²) in [6.07, 6.45) is 2.22. The Hall–Kier alpha value is -1.73. The summed E-state index contributed by atoms with van der Waals surface area (Å²) in [6, 6.07) is 4.98. The van der Waals surface area contributed by atoms with Crippen LogP contribution in [0.15, 0.2) is 28.9 Å². The van der Waals surface area contributed by atoms with Gasteiger partial charge in [0.25, 0.3) is 5.91 Å². The summed E-state index contributed by atoms with van der Waals surface area (Å²) < 4.78 is 0.557. The number of aromatic nitrogens is 1. The molecule has 0 radical (unpaired) electrons. The number of carboxylic acids is 1. The van der Waals surface area contributed by atoms with E-state index in [-0.39, 0.29) is 11.3 Å². The molecule has 0 fully saturated rings. The highest BCUT2D eigenvalue weighted by Crippen LogP contribution is 2.29. The first-order valence-corrected chi connectivity index (χ1v) is 7.41. The normalized spacial score (nSPS) is 10.3. The standard InChI is InChI=1S/C13H11BrN2O3S/c1-2-7-6-8(13(18)19)12(20-7)16-11(17)10-9(14)4-3-5-15-10/h3-6H,2H2,1H3,(H,16,17)(H,18,19). The van der Waals surface area contributed by atoms with Crippen LogP contribution in [0.5, 0.6) is 0 Å². The lowest BCUT2D eigenvalue weighted by Gasteiger charge is -2.04. The highest BCUT2D eigenvalue weighted by molar-refractivity contribution is 9.10. The number of rotatable bonds is 4. The van der Waals surface area contributed by atoms with Gasteiger partial charge in [-0.1, -0.05) is 6.92 Å². The number of carbonyl (C=O) groups excluding carboxylic acids is 1. The molecule has 2 N–H and O–H groups in total. The maximum absolute atomic E-state index is 12.1. The lowest BCUT2D eigenvalue weighted by atomic mass is 10.2. The van der Waals surface area contributed by atoms with Gasteiger partial charge >= 0.3 is 5.97 Å². The van der Waals surface area contributed by atoms with Crippen molar-refractivity contribution >= 4 is 44.1 Å². The third kappa shape index (κ3) is 3.05. The van der Waals surface area contributed by atoms with Crippen molar-refractivity contribution < 1.29 is 14.7 Å². The van der Waals surface area contributed by atoms with E-state index in [2.05, 4.69) is 26.2 Å². The van der Waals surface area contributed by atoms with Crippen molar-refractivity contribution in [3.05, 3.63) is 45.0 Å². The van der Waals surface area contributed by atoms with Crippen LogP contribution in [0.4, 0.5) is 5.00 Å². The average molecular weight is 355 g/mol. The number of pyridine rings is 1. The van der Waals surface area contributed by atoms with Crippen LogP contribution in [0, 0.1) is 0 Å². The molecular formula is C13H11BrN2O3S. The van der Waals surface area contributed by atoms with E-state index in [1.165, 1.54) is 17.5 Å². The van der Waals surface area contributed by atoms with Crippen molar-refractivity contribution in [2.75, 3.05) is 5.32 Å². The molecule has 0 aromatic carbocycles. The number of carbonyl (C=O) groups is 2. The number of carboxylic acid groups (broad SMARTS) is 1.